The van der Waals surface area contributed by atoms with Crippen LogP contribution in [0.5, 0.6) is 0 Å². The highest BCUT2D eigenvalue weighted by Gasteiger charge is 2.34. The molecule has 0 radical (unpaired) electrons. The topological polar surface area (TPSA) is 46.6 Å². The van der Waals surface area contributed by atoms with Crippen molar-refractivity contribution in [2.24, 2.45) is 0 Å². The number of rotatable bonds is 3. The quantitative estimate of drug-likeness (QED) is 0.741. The Labute approximate surface area is 146 Å². The number of halogens is 1. The molecule has 0 saturated carbocycles. The zero-order chi connectivity index (χ0) is 16.4. The van der Waals surface area contributed by atoms with Gasteiger partial charge in [-0.3, -0.25) is 9.69 Å². The van der Waals surface area contributed by atoms with Crippen LogP contribution in [0.2, 0.25) is 0 Å². The van der Waals surface area contributed by atoms with E-state index in [1.54, 1.807) is 40.9 Å². The number of methoxy groups -OCH3 is 1. The molecule has 0 aliphatic carbocycles. The highest BCUT2D eigenvalue weighted by molar-refractivity contribution is 9.10. The molecule has 1 aliphatic rings. The SMILES string of the molecule is COC(=O)c1ccc(N2C(=O)CS[C@H]2c2ccc(Br)cc2)cc1. The van der Waals surface area contributed by atoms with Crippen LogP contribution in [-0.2, 0) is 9.53 Å². The third kappa shape index (κ3) is 3.28. The Morgan fingerprint density at radius 2 is 1.83 bits per heavy atom. The van der Waals surface area contributed by atoms with Gasteiger partial charge in [-0.1, -0.05) is 28.1 Å². The Morgan fingerprint density at radius 3 is 2.43 bits per heavy atom. The van der Waals surface area contributed by atoms with Gasteiger partial charge in [-0.25, -0.2) is 4.79 Å². The van der Waals surface area contributed by atoms with Crippen molar-refractivity contribution in [2.45, 2.75) is 5.37 Å². The Balaban J connectivity index is 1.90. The highest BCUT2D eigenvalue weighted by Crippen LogP contribution is 2.41. The van der Waals surface area contributed by atoms with Crippen LogP contribution in [-0.4, -0.2) is 24.7 Å². The summed E-state index contributed by atoms with van der Waals surface area (Å²) in [4.78, 5) is 25.6. The molecule has 6 heteroatoms. The minimum Gasteiger partial charge on any atom is -0.465 e. The Kier molecular flexibility index (Phi) is 4.73. The van der Waals surface area contributed by atoms with E-state index in [9.17, 15) is 9.59 Å². The summed E-state index contributed by atoms with van der Waals surface area (Å²) in [7, 11) is 1.35. The molecule has 0 unspecified atom stereocenters. The van der Waals surface area contributed by atoms with Crippen molar-refractivity contribution in [2.75, 3.05) is 17.8 Å². The number of amides is 1. The highest BCUT2D eigenvalue weighted by atomic mass is 79.9. The van der Waals surface area contributed by atoms with Crippen LogP contribution in [0.4, 0.5) is 5.69 Å². The summed E-state index contributed by atoms with van der Waals surface area (Å²) in [6.45, 7) is 0. The first-order chi connectivity index (χ1) is 11.1. The van der Waals surface area contributed by atoms with Crippen LogP contribution in [0.3, 0.4) is 0 Å². The molecule has 1 fully saturated rings. The molecule has 4 nitrogen and oxygen atoms in total. The minimum absolute atomic E-state index is 0.0559. The smallest absolute Gasteiger partial charge is 0.337 e. The lowest BCUT2D eigenvalue weighted by Crippen LogP contribution is -2.27. The predicted octanol–water partition coefficient (Wildman–Crippen LogP) is 4.01. The van der Waals surface area contributed by atoms with Crippen molar-refractivity contribution in [3.05, 3.63) is 64.1 Å². The summed E-state index contributed by atoms with van der Waals surface area (Å²) < 4.78 is 5.70. The van der Waals surface area contributed by atoms with Gasteiger partial charge in [0.15, 0.2) is 0 Å². The van der Waals surface area contributed by atoms with E-state index >= 15 is 0 Å². The maximum Gasteiger partial charge on any atom is 0.337 e. The number of benzene rings is 2. The second kappa shape index (κ2) is 6.76. The lowest BCUT2D eigenvalue weighted by atomic mass is 10.1. The van der Waals surface area contributed by atoms with Crippen LogP contribution in [0.25, 0.3) is 0 Å². The average molecular weight is 392 g/mol. The zero-order valence-corrected chi connectivity index (χ0v) is 14.8. The number of carbonyl (C=O) groups excluding carboxylic acids is 2. The van der Waals surface area contributed by atoms with Crippen molar-refractivity contribution in [1.29, 1.82) is 0 Å². The van der Waals surface area contributed by atoms with E-state index in [4.69, 9.17) is 4.74 Å². The van der Waals surface area contributed by atoms with Gasteiger partial charge in [0.05, 0.1) is 18.4 Å². The van der Waals surface area contributed by atoms with E-state index in [0.717, 1.165) is 15.7 Å². The largest absolute Gasteiger partial charge is 0.465 e. The van der Waals surface area contributed by atoms with Crippen LogP contribution in [0.1, 0.15) is 21.3 Å². The number of anilines is 1. The van der Waals surface area contributed by atoms with E-state index in [1.807, 2.05) is 24.3 Å². The van der Waals surface area contributed by atoms with Crippen molar-refractivity contribution in [3.63, 3.8) is 0 Å². The standard InChI is InChI=1S/C17H14BrNO3S/c1-22-17(21)12-4-8-14(9-5-12)19-15(20)10-23-16(19)11-2-6-13(18)7-3-11/h2-9,16H,10H2,1H3/t16-/m0/s1. The number of thioether (sulfide) groups is 1. The first-order valence-corrected chi connectivity index (χ1v) is 8.82. The Hall–Kier alpha value is -1.79. The molecule has 1 saturated heterocycles. The summed E-state index contributed by atoms with van der Waals surface area (Å²) >= 11 is 5.02. The molecule has 1 atom stereocenters. The van der Waals surface area contributed by atoms with Crippen LogP contribution in [0, 0.1) is 0 Å². The van der Waals surface area contributed by atoms with Gasteiger partial charge in [0.1, 0.15) is 5.37 Å². The molecule has 3 rings (SSSR count). The lowest BCUT2D eigenvalue weighted by molar-refractivity contribution is -0.115. The summed E-state index contributed by atoms with van der Waals surface area (Å²) in [5, 5.41) is -0.0559. The van der Waals surface area contributed by atoms with Crippen molar-refractivity contribution in [3.8, 4) is 0 Å². The predicted molar refractivity (Wildman–Crippen MR) is 94.6 cm³/mol. The molecule has 23 heavy (non-hydrogen) atoms. The molecule has 0 aromatic heterocycles. The Bertz CT molecular complexity index is 731. The fraction of sp³-hybridized carbons (Fsp3) is 0.176. The summed E-state index contributed by atoms with van der Waals surface area (Å²) in [5.74, 6) is 0.122. The molecule has 0 bridgehead atoms. The fourth-order valence-corrected chi connectivity index (χ4v) is 3.89. The normalized spacial score (nSPS) is 17.4. The number of carbonyl (C=O) groups is 2. The van der Waals surface area contributed by atoms with E-state index < -0.39 is 0 Å². The number of esters is 1. The van der Waals surface area contributed by atoms with Gasteiger partial charge in [-0.05, 0) is 42.0 Å². The number of ether oxygens (including phenoxy) is 1. The third-order valence-electron chi connectivity index (χ3n) is 3.59. The van der Waals surface area contributed by atoms with Gasteiger partial charge >= 0.3 is 5.97 Å². The van der Waals surface area contributed by atoms with E-state index in [-0.39, 0.29) is 17.3 Å². The van der Waals surface area contributed by atoms with Gasteiger partial charge < -0.3 is 4.74 Å². The molecule has 2 aromatic carbocycles. The van der Waals surface area contributed by atoms with Crippen molar-refractivity contribution in [1.82, 2.24) is 0 Å². The summed E-state index contributed by atoms with van der Waals surface area (Å²) in [6, 6.07) is 14.9. The monoisotopic (exact) mass is 391 g/mol. The molecule has 1 aliphatic heterocycles. The van der Waals surface area contributed by atoms with E-state index in [2.05, 4.69) is 15.9 Å². The molecule has 0 spiro atoms. The zero-order valence-electron chi connectivity index (χ0n) is 12.4. The van der Waals surface area contributed by atoms with Gasteiger partial charge in [0.2, 0.25) is 5.91 Å². The molecule has 0 N–H and O–H groups in total. The summed E-state index contributed by atoms with van der Waals surface area (Å²) in [5.41, 5.74) is 2.32. The third-order valence-corrected chi connectivity index (χ3v) is 5.33. The molecule has 2 aromatic rings. The van der Waals surface area contributed by atoms with Crippen LogP contribution < -0.4 is 4.90 Å². The molecule has 118 valence electrons. The molecular weight excluding hydrogens is 378 g/mol. The van der Waals surface area contributed by atoms with Gasteiger partial charge in [0, 0.05) is 10.2 Å². The number of hydrogen-bond acceptors (Lipinski definition) is 4. The molecule has 1 amide bonds. The minimum atomic E-state index is -0.386. The Morgan fingerprint density at radius 1 is 1.17 bits per heavy atom. The van der Waals surface area contributed by atoms with Gasteiger partial charge in [-0.2, -0.15) is 0 Å². The van der Waals surface area contributed by atoms with Crippen molar-refractivity contribution >= 4 is 45.3 Å². The second-order valence-electron chi connectivity index (χ2n) is 5.02. The summed E-state index contributed by atoms with van der Waals surface area (Å²) in [6.07, 6.45) is 0. The van der Waals surface area contributed by atoms with E-state index in [1.165, 1.54) is 7.11 Å². The fourth-order valence-electron chi connectivity index (χ4n) is 2.45. The maximum atomic E-state index is 12.3. The first kappa shape index (κ1) is 16.1. The van der Waals surface area contributed by atoms with Crippen molar-refractivity contribution < 1.29 is 14.3 Å². The lowest BCUT2D eigenvalue weighted by Gasteiger charge is -2.24. The second-order valence-corrected chi connectivity index (χ2v) is 7.00. The molecular formula is C17H14BrNO3S. The van der Waals surface area contributed by atoms with Crippen LogP contribution >= 0.6 is 27.7 Å². The maximum absolute atomic E-state index is 12.3. The molecule has 1 heterocycles. The van der Waals surface area contributed by atoms with Gasteiger partial charge in [-0.15, -0.1) is 11.8 Å². The number of nitrogens with zero attached hydrogens (tertiary/aromatic N) is 1. The van der Waals surface area contributed by atoms with Gasteiger partial charge in [0.25, 0.3) is 0 Å². The van der Waals surface area contributed by atoms with E-state index in [0.29, 0.717) is 11.3 Å². The first-order valence-electron chi connectivity index (χ1n) is 6.97. The number of hydrogen-bond donors (Lipinski definition) is 0. The van der Waals surface area contributed by atoms with Crippen LogP contribution in [0.15, 0.2) is 53.0 Å². The average Bonchev–Trinajstić information content (AvgIpc) is 2.96.